The standard InChI is InChI=1S/C13H15N3O3.C12H14N4O3/c14-8-2-1-3-9-11(8)15-6-16(9)10-4-7(5-17)12(18)13(10)19;13-12-9-7(1-2-14-12)16(5-15-9)8-3-6(4-17)10(18)11(8)19/h1-4,6-7,12-13,17-19H,5,14H2;1-3,5-6,10-11,17-19H,4H2,(H2,13,14)/t7-,12-,13+;6-,10-,11+/m10/s1. The Morgan fingerprint density at radius 3 is 1.76 bits per heavy atom. The smallest absolute Gasteiger partial charge is 0.151 e. The number of benzene rings is 1. The Labute approximate surface area is 216 Å². The van der Waals surface area contributed by atoms with Gasteiger partial charge in [0.15, 0.2) is 5.82 Å². The number of nitrogens with two attached hydrogens (primary N) is 2. The summed E-state index contributed by atoms with van der Waals surface area (Å²) in [7, 11) is 0. The molecule has 6 rings (SSSR count). The number of rotatable bonds is 4. The van der Waals surface area contributed by atoms with Crippen LogP contribution in [0.5, 0.6) is 0 Å². The summed E-state index contributed by atoms with van der Waals surface area (Å²) in [6, 6.07) is 7.12. The van der Waals surface area contributed by atoms with Crippen LogP contribution in [0.3, 0.4) is 0 Å². The zero-order valence-corrected chi connectivity index (χ0v) is 20.1. The molecule has 4 aromatic rings. The third-order valence-electron chi connectivity index (χ3n) is 6.98. The second-order valence-electron chi connectivity index (χ2n) is 9.25. The minimum Gasteiger partial charge on any atom is -0.397 e. The van der Waals surface area contributed by atoms with Gasteiger partial charge in [-0.3, -0.25) is 4.57 Å². The number of hydrogen-bond donors (Lipinski definition) is 8. The highest BCUT2D eigenvalue weighted by molar-refractivity contribution is 5.89. The highest BCUT2D eigenvalue weighted by Crippen LogP contribution is 2.33. The molecule has 0 aliphatic heterocycles. The first-order chi connectivity index (χ1) is 18.3. The number of anilines is 2. The zero-order valence-electron chi connectivity index (χ0n) is 20.1. The van der Waals surface area contributed by atoms with E-state index in [9.17, 15) is 20.4 Å². The van der Waals surface area contributed by atoms with Gasteiger partial charge in [0, 0.05) is 18.0 Å². The molecule has 10 N–H and O–H groups in total. The van der Waals surface area contributed by atoms with Crippen molar-refractivity contribution in [3.05, 3.63) is 55.3 Å². The number of fused-ring (bicyclic) bond motifs is 2. The lowest BCUT2D eigenvalue weighted by molar-refractivity contribution is 0.0198. The second-order valence-corrected chi connectivity index (χ2v) is 9.25. The van der Waals surface area contributed by atoms with E-state index in [0.29, 0.717) is 39.4 Å². The van der Waals surface area contributed by atoms with Gasteiger partial charge < -0.3 is 46.7 Å². The normalized spacial score (nSPS) is 26.9. The predicted octanol–water partition coefficient (Wildman–Crippen LogP) is -0.998. The van der Waals surface area contributed by atoms with Gasteiger partial charge in [-0.1, -0.05) is 18.2 Å². The van der Waals surface area contributed by atoms with Crippen molar-refractivity contribution >= 4 is 45.0 Å². The number of pyridine rings is 1. The monoisotopic (exact) mass is 523 g/mol. The molecular formula is C25H29N7O6. The minimum atomic E-state index is -1.07. The Kier molecular flexibility index (Phi) is 6.88. The molecule has 0 fully saturated rings. The maximum absolute atomic E-state index is 10.1. The number of nitrogens with zero attached hydrogens (tertiary/aromatic N) is 5. The summed E-state index contributed by atoms with van der Waals surface area (Å²) >= 11 is 0. The number of aliphatic hydroxyl groups is 6. The van der Waals surface area contributed by atoms with Crippen LogP contribution in [0.25, 0.3) is 33.5 Å². The Morgan fingerprint density at radius 1 is 0.711 bits per heavy atom. The highest BCUT2D eigenvalue weighted by atomic mass is 16.3. The number of imidazole rings is 2. The zero-order chi connectivity index (χ0) is 27.1. The van der Waals surface area contributed by atoms with E-state index >= 15 is 0 Å². The molecule has 1 aromatic carbocycles. The van der Waals surface area contributed by atoms with Crippen molar-refractivity contribution in [2.45, 2.75) is 24.4 Å². The van der Waals surface area contributed by atoms with Gasteiger partial charge >= 0.3 is 0 Å². The van der Waals surface area contributed by atoms with Crippen molar-refractivity contribution in [2.24, 2.45) is 11.8 Å². The van der Waals surface area contributed by atoms with Gasteiger partial charge in [0.05, 0.1) is 53.5 Å². The van der Waals surface area contributed by atoms with Crippen LogP contribution >= 0.6 is 0 Å². The second kappa shape index (κ2) is 10.1. The molecule has 200 valence electrons. The molecule has 0 bridgehead atoms. The van der Waals surface area contributed by atoms with Crippen LogP contribution in [0.4, 0.5) is 11.5 Å². The molecule has 3 heterocycles. The van der Waals surface area contributed by atoms with E-state index in [1.54, 1.807) is 52.0 Å². The van der Waals surface area contributed by atoms with Crippen LogP contribution in [0.1, 0.15) is 0 Å². The van der Waals surface area contributed by atoms with Crippen molar-refractivity contribution in [3.63, 3.8) is 0 Å². The molecule has 0 radical (unpaired) electrons. The van der Waals surface area contributed by atoms with Gasteiger partial charge in [-0.2, -0.15) is 0 Å². The summed E-state index contributed by atoms with van der Waals surface area (Å²) in [6.07, 6.45) is 3.81. The lowest BCUT2D eigenvalue weighted by Crippen LogP contribution is -2.30. The first kappa shape index (κ1) is 25.8. The number of hydrogen-bond acceptors (Lipinski definition) is 11. The third kappa shape index (κ3) is 4.20. The lowest BCUT2D eigenvalue weighted by atomic mass is 10.1. The summed E-state index contributed by atoms with van der Waals surface area (Å²) in [5.74, 6) is -0.645. The largest absolute Gasteiger partial charge is 0.397 e. The van der Waals surface area contributed by atoms with Crippen molar-refractivity contribution in [2.75, 3.05) is 24.7 Å². The highest BCUT2D eigenvalue weighted by Gasteiger charge is 2.36. The summed E-state index contributed by atoms with van der Waals surface area (Å²) in [4.78, 5) is 12.3. The van der Waals surface area contributed by atoms with Crippen LogP contribution in [-0.2, 0) is 0 Å². The molecule has 0 saturated heterocycles. The van der Waals surface area contributed by atoms with Crippen molar-refractivity contribution in [1.82, 2.24) is 24.1 Å². The summed E-state index contributed by atoms with van der Waals surface area (Å²) < 4.78 is 3.34. The van der Waals surface area contributed by atoms with Crippen LogP contribution in [0.15, 0.2) is 55.3 Å². The Hall–Kier alpha value is -3.85. The van der Waals surface area contributed by atoms with Crippen molar-refractivity contribution < 1.29 is 30.6 Å². The first-order valence-corrected chi connectivity index (χ1v) is 11.9. The maximum Gasteiger partial charge on any atom is 0.151 e. The Morgan fingerprint density at radius 2 is 1.24 bits per heavy atom. The fraction of sp³-hybridized carbons (Fsp3) is 0.320. The Balaban J connectivity index is 0.000000155. The molecule has 2 aliphatic carbocycles. The van der Waals surface area contributed by atoms with Gasteiger partial charge in [0.25, 0.3) is 0 Å². The summed E-state index contributed by atoms with van der Waals surface area (Å²) in [6.45, 7) is -0.436. The molecule has 13 heteroatoms. The number of aromatic nitrogens is 5. The number of para-hydroxylation sites is 1. The molecule has 0 amide bonds. The summed E-state index contributed by atoms with van der Waals surface area (Å²) in [5.41, 5.74) is 15.8. The SMILES string of the molecule is Nc1cccc2c1ncn2C1=C[C@H](CO)[C@@H](O)[C@H]1O.Nc1nccc2c1ncn2C1=C[C@@H](CO)[C@H](O)[C@@H]1O. The van der Waals surface area contributed by atoms with Gasteiger partial charge in [0.1, 0.15) is 35.9 Å². The van der Waals surface area contributed by atoms with Crippen LogP contribution in [0, 0.1) is 11.8 Å². The molecule has 6 atom stereocenters. The molecule has 3 aromatic heterocycles. The van der Waals surface area contributed by atoms with Gasteiger partial charge in [0.2, 0.25) is 0 Å². The molecule has 0 saturated carbocycles. The van der Waals surface area contributed by atoms with E-state index in [0.717, 1.165) is 5.52 Å². The first-order valence-electron chi connectivity index (χ1n) is 11.9. The summed E-state index contributed by atoms with van der Waals surface area (Å²) in [5, 5.41) is 58.1. The van der Waals surface area contributed by atoms with Crippen molar-refractivity contribution in [3.8, 4) is 0 Å². The van der Waals surface area contributed by atoms with Crippen LogP contribution < -0.4 is 11.5 Å². The molecular weight excluding hydrogens is 494 g/mol. The van der Waals surface area contributed by atoms with Crippen molar-refractivity contribution in [1.29, 1.82) is 0 Å². The van der Waals surface area contributed by atoms with E-state index in [-0.39, 0.29) is 13.2 Å². The maximum atomic E-state index is 10.1. The van der Waals surface area contributed by atoms with E-state index in [2.05, 4.69) is 15.0 Å². The third-order valence-corrected chi connectivity index (χ3v) is 6.98. The average Bonchev–Trinajstić information content (AvgIpc) is 3.67. The average molecular weight is 524 g/mol. The Bertz CT molecular complexity index is 1420. The molecule has 38 heavy (non-hydrogen) atoms. The lowest BCUT2D eigenvalue weighted by Gasteiger charge is -2.16. The quantitative estimate of drug-likeness (QED) is 0.152. The van der Waals surface area contributed by atoms with Gasteiger partial charge in [-0.15, -0.1) is 0 Å². The van der Waals surface area contributed by atoms with E-state index in [4.69, 9.17) is 21.7 Å². The van der Waals surface area contributed by atoms with Crippen LogP contribution in [-0.4, -0.2) is 92.4 Å². The van der Waals surface area contributed by atoms with Crippen LogP contribution in [0.2, 0.25) is 0 Å². The molecule has 2 aliphatic rings. The van der Waals surface area contributed by atoms with E-state index in [1.165, 1.54) is 6.33 Å². The molecule has 0 unspecified atom stereocenters. The fourth-order valence-corrected chi connectivity index (χ4v) is 4.85. The van der Waals surface area contributed by atoms with Gasteiger partial charge in [-0.05, 0) is 18.2 Å². The molecule has 0 spiro atoms. The number of nitrogen functional groups attached to an aromatic ring is 2. The number of aliphatic hydroxyl groups excluding tert-OH is 6. The van der Waals surface area contributed by atoms with Gasteiger partial charge in [-0.25, -0.2) is 15.0 Å². The fourth-order valence-electron chi connectivity index (χ4n) is 4.85. The van der Waals surface area contributed by atoms with E-state index < -0.39 is 36.3 Å². The molecule has 13 nitrogen and oxygen atoms in total. The topological polar surface area (TPSA) is 222 Å². The van der Waals surface area contributed by atoms with E-state index in [1.807, 2.05) is 6.07 Å². The minimum absolute atomic E-state index is 0.212. The predicted molar refractivity (Wildman–Crippen MR) is 140 cm³/mol.